The van der Waals surface area contributed by atoms with Crippen LogP contribution in [0.15, 0.2) is 23.2 Å². The zero-order valence-corrected chi connectivity index (χ0v) is 14.6. The molecule has 6 nitrogen and oxygen atoms in total. The summed E-state index contributed by atoms with van der Waals surface area (Å²) in [6.07, 6.45) is 2.56. The van der Waals surface area contributed by atoms with Gasteiger partial charge in [-0.1, -0.05) is 6.07 Å². The van der Waals surface area contributed by atoms with E-state index in [0.29, 0.717) is 32.0 Å². The fourth-order valence-electron chi connectivity index (χ4n) is 2.03. The Morgan fingerprint density at radius 2 is 1.91 bits per heavy atom. The van der Waals surface area contributed by atoms with E-state index in [1.165, 1.54) is 12.1 Å². The fraction of sp³-hybridized carbons (Fsp3) is 0.533. The van der Waals surface area contributed by atoms with Crippen molar-refractivity contribution in [2.75, 3.05) is 32.9 Å². The maximum Gasteiger partial charge on any atom is 0.208 e. The molecule has 0 aliphatic rings. The lowest BCUT2D eigenvalue weighted by molar-refractivity contribution is 0.584. The summed E-state index contributed by atoms with van der Waals surface area (Å²) in [6.45, 7) is 3.56. The van der Waals surface area contributed by atoms with Crippen molar-refractivity contribution < 1.29 is 12.8 Å². The lowest BCUT2D eigenvalue weighted by atomic mass is 10.1. The van der Waals surface area contributed by atoms with Gasteiger partial charge in [-0.25, -0.2) is 17.5 Å². The molecule has 0 amide bonds. The first-order valence-electron chi connectivity index (χ1n) is 7.46. The lowest BCUT2D eigenvalue weighted by Crippen LogP contribution is -2.39. The molecule has 0 heterocycles. The molecule has 0 saturated heterocycles. The summed E-state index contributed by atoms with van der Waals surface area (Å²) in [7, 11) is -1.46. The summed E-state index contributed by atoms with van der Waals surface area (Å²) in [5.41, 5.74) is 2.02. The molecular formula is C15H25FN4O2S. The second-order valence-corrected chi connectivity index (χ2v) is 7.10. The molecule has 0 atom stereocenters. The molecule has 0 saturated carbocycles. The highest BCUT2D eigenvalue weighted by molar-refractivity contribution is 7.88. The van der Waals surface area contributed by atoms with E-state index in [-0.39, 0.29) is 5.82 Å². The van der Waals surface area contributed by atoms with Gasteiger partial charge in [0.15, 0.2) is 5.96 Å². The third-order valence-electron chi connectivity index (χ3n) is 3.23. The Hall–Kier alpha value is -1.67. The van der Waals surface area contributed by atoms with Crippen LogP contribution in [-0.4, -0.2) is 47.3 Å². The Kier molecular flexibility index (Phi) is 7.97. The molecule has 0 fully saturated rings. The Morgan fingerprint density at radius 1 is 1.22 bits per heavy atom. The first-order valence-corrected chi connectivity index (χ1v) is 9.35. The molecule has 0 bridgehead atoms. The molecular weight excluding hydrogens is 319 g/mol. The number of sulfonamides is 1. The van der Waals surface area contributed by atoms with E-state index in [0.717, 1.165) is 23.8 Å². The highest BCUT2D eigenvalue weighted by Crippen LogP contribution is 2.10. The number of nitrogens with zero attached hydrogens (tertiary/aromatic N) is 1. The fourth-order valence-corrected chi connectivity index (χ4v) is 2.54. The van der Waals surface area contributed by atoms with Crippen molar-refractivity contribution >= 4 is 16.0 Å². The molecule has 1 rings (SSSR count). The van der Waals surface area contributed by atoms with Gasteiger partial charge in [-0.05, 0) is 43.0 Å². The highest BCUT2D eigenvalue weighted by Gasteiger charge is 2.02. The van der Waals surface area contributed by atoms with E-state index < -0.39 is 10.0 Å². The number of guanidine groups is 1. The molecule has 8 heteroatoms. The predicted octanol–water partition coefficient (Wildman–Crippen LogP) is 0.781. The average Bonchev–Trinajstić information content (AvgIpc) is 2.46. The van der Waals surface area contributed by atoms with Gasteiger partial charge in [-0.2, -0.15) is 0 Å². The Morgan fingerprint density at radius 3 is 2.52 bits per heavy atom. The largest absolute Gasteiger partial charge is 0.356 e. The first-order chi connectivity index (χ1) is 10.8. The van der Waals surface area contributed by atoms with Crippen LogP contribution in [0.25, 0.3) is 0 Å². The normalized spacial score (nSPS) is 12.3. The predicted molar refractivity (Wildman–Crippen MR) is 91.7 cm³/mol. The van der Waals surface area contributed by atoms with Crippen molar-refractivity contribution in [1.82, 2.24) is 15.4 Å². The van der Waals surface area contributed by atoms with Gasteiger partial charge in [0.05, 0.1) is 6.26 Å². The number of aryl methyl sites for hydroxylation is 1. The molecule has 0 aliphatic carbocycles. The second kappa shape index (κ2) is 9.46. The van der Waals surface area contributed by atoms with Gasteiger partial charge in [0.2, 0.25) is 10.0 Å². The topological polar surface area (TPSA) is 82.6 Å². The number of hydrogen-bond donors (Lipinski definition) is 3. The summed E-state index contributed by atoms with van der Waals surface area (Å²) in [4.78, 5) is 4.10. The van der Waals surface area contributed by atoms with Crippen molar-refractivity contribution in [2.24, 2.45) is 4.99 Å². The molecule has 3 N–H and O–H groups in total. The SMILES string of the molecule is CN=C(NCCCNS(C)(=O)=O)NCCc1ccc(F)cc1C. The zero-order valence-electron chi connectivity index (χ0n) is 13.8. The molecule has 130 valence electrons. The quantitative estimate of drug-likeness (QED) is 0.370. The van der Waals surface area contributed by atoms with Crippen molar-refractivity contribution in [3.05, 3.63) is 35.1 Å². The minimum atomic E-state index is -3.13. The summed E-state index contributed by atoms with van der Waals surface area (Å²) < 4.78 is 37.3. The van der Waals surface area contributed by atoms with Crippen molar-refractivity contribution in [2.45, 2.75) is 19.8 Å². The van der Waals surface area contributed by atoms with Gasteiger partial charge in [0.25, 0.3) is 0 Å². The Bertz CT molecular complexity index is 632. The van der Waals surface area contributed by atoms with E-state index in [9.17, 15) is 12.8 Å². The molecule has 0 spiro atoms. The highest BCUT2D eigenvalue weighted by atomic mass is 32.2. The number of halogens is 1. The number of rotatable bonds is 8. The molecule has 1 aromatic carbocycles. The third-order valence-corrected chi connectivity index (χ3v) is 3.95. The van der Waals surface area contributed by atoms with Gasteiger partial charge in [0.1, 0.15) is 5.82 Å². The maximum atomic E-state index is 13.0. The van der Waals surface area contributed by atoms with Gasteiger partial charge >= 0.3 is 0 Å². The second-order valence-electron chi connectivity index (χ2n) is 5.27. The smallest absolute Gasteiger partial charge is 0.208 e. The molecule has 0 unspecified atom stereocenters. The van der Waals surface area contributed by atoms with E-state index in [1.54, 1.807) is 13.1 Å². The van der Waals surface area contributed by atoms with Gasteiger partial charge in [-0.3, -0.25) is 4.99 Å². The van der Waals surface area contributed by atoms with Crippen LogP contribution >= 0.6 is 0 Å². The van der Waals surface area contributed by atoms with Crippen molar-refractivity contribution in [3.8, 4) is 0 Å². The lowest BCUT2D eigenvalue weighted by Gasteiger charge is -2.12. The summed E-state index contributed by atoms with van der Waals surface area (Å²) in [6, 6.07) is 4.78. The average molecular weight is 344 g/mol. The third kappa shape index (κ3) is 8.51. The van der Waals surface area contributed by atoms with Crippen LogP contribution in [-0.2, 0) is 16.4 Å². The zero-order chi connectivity index (χ0) is 17.3. The Balaban J connectivity index is 2.26. The van der Waals surface area contributed by atoms with Crippen LogP contribution < -0.4 is 15.4 Å². The molecule has 1 aromatic rings. The van der Waals surface area contributed by atoms with Crippen molar-refractivity contribution in [3.63, 3.8) is 0 Å². The van der Waals surface area contributed by atoms with Gasteiger partial charge in [0, 0.05) is 26.7 Å². The monoisotopic (exact) mass is 344 g/mol. The molecule has 0 aromatic heterocycles. The van der Waals surface area contributed by atoms with Crippen LogP contribution in [0.5, 0.6) is 0 Å². The van der Waals surface area contributed by atoms with Gasteiger partial charge in [-0.15, -0.1) is 0 Å². The first kappa shape index (κ1) is 19.4. The summed E-state index contributed by atoms with van der Waals surface area (Å²) >= 11 is 0. The Labute approximate surface area is 137 Å². The van der Waals surface area contributed by atoms with Crippen molar-refractivity contribution in [1.29, 1.82) is 0 Å². The number of benzene rings is 1. The van der Waals surface area contributed by atoms with Crippen LogP contribution in [0.2, 0.25) is 0 Å². The van der Waals surface area contributed by atoms with Crippen LogP contribution in [0, 0.1) is 12.7 Å². The summed E-state index contributed by atoms with van der Waals surface area (Å²) in [5.74, 6) is 0.434. The van der Waals surface area contributed by atoms with E-state index in [1.807, 2.05) is 6.92 Å². The molecule has 0 aliphatic heterocycles. The minimum absolute atomic E-state index is 0.223. The minimum Gasteiger partial charge on any atom is -0.356 e. The van der Waals surface area contributed by atoms with E-state index in [4.69, 9.17) is 0 Å². The van der Waals surface area contributed by atoms with Crippen LogP contribution in [0.3, 0.4) is 0 Å². The van der Waals surface area contributed by atoms with E-state index in [2.05, 4.69) is 20.3 Å². The van der Waals surface area contributed by atoms with Gasteiger partial charge < -0.3 is 10.6 Å². The van der Waals surface area contributed by atoms with E-state index >= 15 is 0 Å². The maximum absolute atomic E-state index is 13.0. The molecule has 0 radical (unpaired) electrons. The van der Waals surface area contributed by atoms with Crippen LogP contribution in [0.1, 0.15) is 17.5 Å². The van der Waals surface area contributed by atoms with Crippen LogP contribution in [0.4, 0.5) is 4.39 Å². The number of hydrogen-bond acceptors (Lipinski definition) is 3. The summed E-state index contributed by atoms with van der Waals surface area (Å²) in [5, 5.41) is 6.28. The number of nitrogens with one attached hydrogen (secondary N) is 3. The standard InChI is InChI=1S/C15H25FN4O2S/c1-12-11-14(16)6-5-13(12)7-10-19-15(17-2)18-8-4-9-20-23(3,21)22/h5-6,11,20H,4,7-10H2,1-3H3,(H2,17,18,19). The number of aliphatic imine (C=N–C) groups is 1. The molecule has 23 heavy (non-hydrogen) atoms.